The predicted octanol–water partition coefficient (Wildman–Crippen LogP) is 4.84. The summed E-state index contributed by atoms with van der Waals surface area (Å²) < 4.78 is 1.70. The molecule has 6 nitrogen and oxygen atoms in total. The number of rotatable bonds is 4. The minimum atomic E-state index is -1.11. The third kappa shape index (κ3) is 3.98. The summed E-state index contributed by atoms with van der Waals surface area (Å²) in [5.74, 6) is -0.175. The average Bonchev–Trinajstić information content (AvgIpc) is 3.15. The maximum atomic E-state index is 13.8. The molecule has 1 aliphatic carbocycles. The molecule has 2 amide bonds. The van der Waals surface area contributed by atoms with Gasteiger partial charge in [0.25, 0.3) is 5.91 Å². The van der Waals surface area contributed by atoms with Crippen molar-refractivity contribution in [1.29, 1.82) is 0 Å². The van der Waals surface area contributed by atoms with Gasteiger partial charge in [-0.15, -0.1) is 0 Å². The maximum Gasteiger partial charge on any atom is 0.277 e. The molecule has 31 heavy (non-hydrogen) atoms. The number of carbonyl (C=O) groups is 2. The van der Waals surface area contributed by atoms with Gasteiger partial charge < -0.3 is 5.32 Å². The summed E-state index contributed by atoms with van der Waals surface area (Å²) in [5.41, 5.74) is 1.80. The Morgan fingerprint density at radius 2 is 1.94 bits per heavy atom. The Kier molecular flexibility index (Phi) is 5.86. The van der Waals surface area contributed by atoms with Crippen LogP contribution in [0.5, 0.6) is 0 Å². The van der Waals surface area contributed by atoms with Crippen LogP contribution in [0.2, 0.25) is 5.02 Å². The molecule has 0 spiro atoms. The van der Waals surface area contributed by atoms with Crippen molar-refractivity contribution in [2.75, 3.05) is 4.90 Å². The highest BCUT2D eigenvalue weighted by Crippen LogP contribution is 2.36. The van der Waals surface area contributed by atoms with Gasteiger partial charge in [-0.05, 0) is 56.4 Å². The number of fused-ring (bicyclic) bond motifs is 1. The largest absolute Gasteiger partial charge is 0.351 e. The van der Waals surface area contributed by atoms with Crippen LogP contribution in [0.15, 0.2) is 24.3 Å². The molecule has 1 atom stereocenters. The smallest absolute Gasteiger partial charge is 0.277 e. The van der Waals surface area contributed by atoms with Gasteiger partial charge in [0.1, 0.15) is 11.2 Å². The molecule has 1 fully saturated rings. The predicted molar refractivity (Wildman–Crippen MR) is 123 cm³/mol. The lowest BCUT2D eigenvalue weighted by atomic mass is 9.90. The Labute approximate surface area is 188 Å². The zero-order valence-electron chi connectivity index (χ0n) is 18.7. The third-order valence-electron chi connectivity index (χ3n) is 6.61. The topological polar surface area (TPSA) is 67.2 Å². The van der Waals surface area contributed by atoms with Gasteiger partial charge in [0.2, 0.25) is 5.91 Å². The van der Waals surface area contributed by atoms with Crippen LogP contribution in [0.25, 0.3) is 0 Å². The van der Waals surface area contributed by atoms with Gasteiger partial charge in [-0.2, -0.15) is 5.10 Å². The summed E-state index contributed by atoms with van der Waals surface area (Å²) in [7, 11) is 0. The van der Waals surface area contributed by atoms with E-state index in [-0.39, 0.29) is 23.8 Å². The number of hydrogen-bond donors (Lipinski definition) is 1. The van der Waals surface area contributed by atoms with E-state index in [4.69, 9.17) is 11.6 Å². The number of aromatic nitrogens is 2. The molecule has 1 aliphatic heterocycles. The number of nitrogens with zero attached hydrogens (tertiary/aromatic N) is 3. The molecule has 0 saturated heterocycles. The van der Waals surface area contributed by atoms with Crippen molar-refractivity contribution < 1.29 is 9.59 Å². The summed E-state index contributed by atoms with van der Waals surface area (Å²) in [6.45, 7) is 8.16. The molecule has 1 aromatic heterocycles. The van der Waals surface area contributed by atoms with Crippen LogP contribution in [0.1, 0.15) is 80.5 Å². The fraction of sp³-hybridized carbons (Fsp3) is 0.542. The zero-order chi connectivity index (χ0) is 22.3. The quantitative estimate of drug-likeness (QED) is 0.736. The zero-order valence-corrected chi connectivity index (χ0v) is 19.5. The fourth-order valence-electron chi connectivity index (χ4n) is 4.67. The van der Waals surface area contributed by atoms with Gasteiger partial charge in [0.05, 0.1) is 12.2 Å². The average molecular weight is 443 g/mol. The van der Waals surface area contributed by atoms with Crippen molar-refractivity contribution in [3.05, 3.63) is 46.2 Å². The maximum absolute atomic E-state index is 13.8. The number of hydrogen-bond acceptors (Lipinski definition) is 3. The molecule has 2 aliphatic rings. The summed E-state index contributed by atoms with van der Waals surface area (Å²) in [4.78, 5) is 29.1. The van der Waals surface area contributed by atoms with Crippen LogP contribution >= 0.6 is 11.6 Å². The molecule has 1 N–H and O–H groups in total. The summed E-state index contributed by atoms with van der Waals surface area (Å²) >= 11 is 6.30. The molecule has 1 saturated carbocycles. The fourth-order valence-corrected chi connectivity index (χ4v) is 4.84. The van der Waals surface area contributed by atoms with Crippen molar-refractivity contribution in [1.82, 2.24) is 15.1 Å². The summed E-state index contributed by atoms with van der Waals surface area (Å²) in [6, 6.07) is 7.46. The first-order valence-electron chi connectivity index (χ1n) is 11.2. The van der Waals surface area contributed by atoms with E-state index in [0.717, 1.165) is 36.9 Å². The number of benzene rings is 1. The van der Waals surface area contributed by atoms with Crippen molar-refractivity contribution in [2.24, 2.45) is 0 Å². The number of aryl methyl sites for hydroxylation is 1. The third-order valence-corrected chi connectivity index (χ3v) is 6.84. The standard InChI is InChI=1S/C24H31ClN4O2/c1-15(2)19-13-21-22(30)29(20-12-17(25)11-10-16(20)3)24(4,14-28(21)27-19)23(31)26-18-8-6-5-7-9-18/h10-13,15,18H,5-9,14H2,1-4H3,(H,26,31). The molecule has 0 bridgehead atoms. The van der Waals surface area contributed by atoms with Gasteiger partial charge in [-0.25, -0.2) is 0 Å². The second kappa shape index (κ2) is 8.30. The number of nitrogens with one attached hydrogen (secondary N) is 1. The lowest BCUT2D eigenvalue weighted by Crippen LogP contribution is -2.65. The Morgan fingerprint density at radius 1 is 1.23 bits per heavy atom. The Hall–Kier alpha value is -2.34. The monoisotopic (exact) mass is 442 g/mol. The lowest BCUT2D eigenvalue weighted by Gasteiger charge is -2.44. The molecular weight excluding hydrogens is 412 g/mol. The van der Waals surface area contributed by atoms with Crippen molar-refractivity contribution in [3.63, 3.8) is 0 Å². The van der Waals surface area contributed by atoms with E-state index in [0.29, 0.717) is 22.9 Å². The van der Waals surface area contributed by atoms with Crippen LogP contribution in [0.3, 0.4) is 0 Å². The summed E-state index contributed by atoms with van der Waals surface area (Å²) in [5, 5.41) is 8.43. The Morgan fingerprint density at radius 3 is 2.61 bits per heavy atom. The van der Waals surface area contributed by atoms with Gasteiger partial charge in [0.15, 0.2) is 0 Å². The molecule has 4 rings (SSSR count). The van der Waals surface area contributed by atoms with Crippen LogP contribution in [0.4, 0.5) is 5.69 Å². The highest BCUT2D eigenvalue weighted by Gasteiger charge is 2.49. The van der Waals surface area contributed by atoms with Gasteiger partial charge in [0, 0.05) is 16.8 Å². The van der Waals surface area contributed by atoms with E-state index in [2.05, 4.69) is 10.4 Å². The van der Waals surface area contributed by atoms with E-state index >= 15 is 0 Å². The van der Waals surface area contributed by atoms with Crippen LogP contribution in [-0.4, -0.2) is 33.2 Å². The normalized spacial score (nSPS) is 22.0. The first kappa shape index (κ1) is 21.9. The van der Waals surface area contributed by atoms with Gasteiger partial charge in [-0.3, -0.25) is 19.2 Å². The molecular formula is C24H31ClN4O2. The van der Waals surface area contributed by atoms with E-state index < -0.39 is 5.54 Å². The van der Waals surface area contributed by atoms with E-state index in [9.17, 15) is 9.59 Å². The van der Waals surface area contributed by atoms with Crippen molar-refractivity contribution >= 4 is 29.1 Å². The van der Waals surface area contributed by atoms with Crippen LogP contribution < -0.4 is 10.2 Å². The van der Waals surface area contributed by atoms with E-state index in [1.165, 1.54) is 6.42 Å². The number of halogens is 1. The lowest BCUT2D eigenvalue weighted by molar-refractivity contribution is -0.127. The Bertz CT molecular complexity index is 1010. The van der Waals surface area contributed by atoms with Crippen LogP contribution in [-0.2, 0) is 11.3 Å². The second-order valence-corrected chi connectivity index (χ2v) is 9.86. The van der Waals surface area contributed by atoms with Gasteiger partial charge in [-0.1, -0.05) is 50.8 Å². The van der Waals surface area contributed by atoms with E-state index in [1.807, 2.05) is 39.8 Å². The van der Waals surface area contributed by atoms with Crippen LogP contribution in [0, 0.1) is 6.92 Å². The van der Waals surface area contributed by atoms with Crippen molar-refractivity contribution in [2.45, 2.75) is 83.8 Å². The number of amides is 2. The van der Waals surface area contributed by atoms with E-state index in [1.54, 1.807) is 21.7 Å². The first-order valence-corrected chi connectivity index (χ1v) is 11.6. The number of anilines is 1. The second-order valence-electron chi connectivity index (χ2n) is 9.42. The molecule has 7 heteroatoms. The SMILES string of the molecule is Cc1ccc(Cl)cc1N1C(=O)c2cc(C(C)C)nn2CC1(C)C(=O)NC1CCCCC1. The minimum Gasteiger partial charge on any atom is -0.351 e. The number of carbonyl (C=O) groups excluding carboxylic acids is 2. The highest BCUT2D eigenvalue weighted by molar-refractivity contribution is 6.31. The first-order chi connectivity index (χ1) is 14.7. The molecule has 166 valence electrons. The molecule has 2 heterocycles. The highest BCUT2D eigenvalue weighted by atomic mass is 35.5. The van der Waals surface area contributed by atoms with Gasteiger partial charge >= 0.3 is 0 Å². The minimum absolute atomic E-state index is 0.139. The van der Waals surface area contributed by atoms with Crippen molar-refractivity contribution in [3.8, 4) is 0 Å². The Balaban J connectivity index is 1.79. The summed E-state index contributed by atoms with van der Waals surface area (Å²) in [6.07, 6.45) is 5.43. The molecule has 1 unspecified atom stereocenters. The molecule has 2 aromatic rings. The molecule has 0 radical (unpaired) electrons. The molecule has 1 aromatic carbocycles.